The van der Waals surface area contributed by atoms with Crippen LogP contribution in [0.15, 0.2) is 30.3 Å². The summed E-state index contributed by atoms with van der Waals surface area (Å²) >= 11 is 0. The van der Waals surface area contributed by atoms with Crippen molar-refractivity contribution in [1.82, 2.24) is 5.32 Å². The van der Waals surface area contributed by atoms with Crippen molar-refractivity contribution < 1.29 is 4.79 Å². The van der Waals surface area contributed by atoms with E-state index in [4.69, 9.17) is 5.73 Å². The monoisotopic (exact) mass is 232 g/mol. The van der Waals surface area contributed by atoms with Gasteiger partial charge in [-0.25, -0.2) is 0 Å². The van der Waals surface area contributed by atoms with E-state index >= 15 is 0 Å². The molecule has 92 valence electrons. The predicted octanol–water partition coefficient (Wildman–Crippen LogP) is 1.79. The van der Waals surface area contributed by atoms with Crippen LogP contribution in [0.25, 0.3) is 0 Å². The first-order valence-corrected chi connectivity index (χ1v) is 6.34. The van der Waals surface area contributed by atoms with Gasteiger partial charge in [-0.3, -0.25) is 4.79 Å². The highest BCUT2D eigenvalue weighted by Gasteiger charge is 2.22. The molecule has 0 aliphatic heterocycles. The lowest BCUT2D eigenvalue weighted by molar-refractivity contribution is -0.120. The Balaban J connectivity index is 1.84. The number of hydrogen-bond donors (Lipinski definition) is 2. The van der Waals surface area contributed by atoms with Gasteiger partial charge < -0.3 is 11.1 Å². The van der Waals surface area contributed by atoms with E-state index in [9.17, 15) is 4.79 Å². The summed E-state index contributed by atoms with van der Waals surface area (Å²) < 4.78 is 0. The van der Waals surface area contributed by atoms with E-state index in [0.717, 1.165) is 25.7 Å². The third kappa shape index (κ3) is 3.30. The Morgan fingerprint density at radius 1 is 1.18 bits per heavy atom. The largest absolute Gasteiger partial charge is 0.352 e. The van der Waals surface area contributed by atoms with Gasteiger partial charge in [-0.2, -0.15) is 0 Å². The molecule has 1 aliphatic carbocycles. The minimum atomic E-state index is -0.0341. The van der Waals surface area contributed by atoms with E-state index in [0.29, 0.717) is 12.0 Å². The number of amides is 1. The van der Waals surface area contributed by atoms with Crippen LogP contribution in [0.5, 0.6) is 0 Å². The number of carbonyl (C=O) groups is 1. The third-order valence-corrected chi connectivity index (χ3v) is 3.55. The SMILES string of the molecule is NCC(=O)NC1CCC(c2ccccc2)CC1. The van der Waals surface area contributed by atoms with E-state index in [1.54, 1.807) is 0 Å². The maximum Gasteiger partial charge on any atom is 0.233 e. The summed E-state index contributed by atoms with van der Waals surface area (Å²) in [5.41, 5.74) is 6.72. The summed E-state index contributed by atoms with van der Waals surface area (Å²) in [6.45, 7) is 0.0958. The van der Waals surface area contributed by atoms with Gasteiger partial charge in [0.05, 0.1) is 6.54 Å². The highest BCUT2D eigenvalue weighted by atomic mass is 16.1. The van der Waals surface area contributed by atoms with Crippen LogP contribution in [0.4, 0.5) is 0 Å². The number of hydrogen-bond acceptors (Lipinski definition) is 2. The van der Waals surface area contributed by atoms with Crippen molar-refractivity contribution in [1.29, 1.82) is 0 Å². The van der Waals surface area contributed by atoms with Gasteiger partial charge in [0.15, 0.2) is 0 Å². The molecule has 2 rings (SSSR count). The van der Waals surface area contributed by atoms with Gasteiger partial charge in [0.2, 0.25) is 5.91 Å². The molecule has 1 aliphatic rings. The lowest BCUT2D eigenvalue weighted by atomic mass is 9.82. The average molecular weight is 232 g/mol. The molecule has 1 aromatic rings. The quantitative estimate of drug-likeness (QED) is 0.834. The highest BCUT2D eigenvalue weighted by molar-refractivity contribution is 5.78. The fourth-order valence-corrected chi connectivity index (χ4v) is 2.58. The minimum Gasteiger partial charge on any atom is -0.352 e. The molecule has 1 fully saturated rings. The molecule has 0 saturated heterocycles. The number of carbonyl (C=O) groups excluding carboxylic acids is 1. The van der Waals surface area contributed by atoms with Crippen molar-refractivity contribution in [2.75, 3.05) is 6.54 Å². The summed E-state index contributed by atoms with van der Waals surface area (Å²) in [5.74, 6) is 0.621. The maximum absolute atomic E-state index is 11.2. The Kier molecular flexibility index (Phi) is 4.15. The van der Waals surface area contributed by atoms with Crippen LogP contribution >= 0.6 is 0 Å². The number of rotatable bonds is 3. The first-order chi connectivity index (χ1) is 8.29. The Bertz CT molecular complexity index is 356. The highest BCUT2D eigenvalue weighted by Crippen LogP contribution is 2.32. The lowest BCUT2D eigenvalue weighted by Crippen LogP contribution is -2.40. The van der Waals surface area contributed by atoms with Crippen LogP contribution in [0, 0.1) is 0 Å². The molecule has 0 spiro atoms. The Labute approximate surface area is 102 Å². The van der Waals surface area contributed by atoms with Crippen LogP contribution in [0.1, 0.15) is 37.2 Å². The van der Waals surface area contributed by atoms with Gasteiger partial charge in [-0.05, 0) is 37.2 Å². The smallest absolute Gasteiger partial charge is 0.233 e. The van der Waals surface area contributed by atoms with Crippen molar-refractivity contribution >= 4 is 5.91 Å². The maximum atomic E-state index is 11.2. The number of nitrogens with one attached hydrogen (secondary N) is 1. The van der Waals surface area contributed by atoms with Crippen LogP contribution < -0.4 is 11.1 Å². The summed E-state index contributed by atoms with van der Waals surface area (Å²) in [5, 5.41) is 2.98. The molecule has 0 unspecified atom stereocenters. The van der Waals surface area contributed by atoms with Crippen molar-refractivity contribution in [2.24, 2.45) is 5.73 Å². The van der Waals surface area contributed by atoms with Gasteiger partial charge in [-0.15, -0.1) is 0 Å². The summed E-state index contributed by atoms with van der Waals surface area (Å²) in [7, 11) is 0. The van der Waals surface area contributed by atoms with Crippen LogP contribution in [0.3, 0.4) is 0 Å². The average Bonchev–Trinajstić information content (AvgIpc) is 2.40. The van der Waals surface area contributed by atoms with Crippen molar-refractivity contribution in [2.45, 2.75) is 37.6 Å². The molecule has 0 aromatic heterocycles. The fourth-order valence-electron chi connectivity index (χ4n) is 2.58. The molecule has 3 heteroatoms. The van der Waals surface area contributed by atoms with Crippen molar-refractivity contribution in [3.05, 3.63) is 35.9 Å². The van der Waals surface area contributed by atoms with Crippen LogP contribution in [0.2, 0.25) is 0 Å². The lowest BCUT2D eigenvalue weighted by Gasteiger charge is -2.29. The van der Waals surface area contributed by atoms with E-state index in [-0.39, 0.29) is 12.5 Å². The van der Waals surface area contributed by atoms with E-state index in [1.165, 1.54) is 5.56 Å². The zero-order chi connectivity index (χ0) is 12.1. The van der Waals surface area contributed by atoms with E-state index < -0.39 is 0 Å². The van der Waals surface area contributed by atoms with E-state index in [2.05, 4.69) is 35.6 Å². The van der Waals surface area contributed by atoms with Gasteiger partial charge in [-0.1, -0.05) is 30.3 Å². The standard InChI is InChI=1S/C14H20N2O/c15-10-14(17)16-13-8-6-12(7-9-13)11-4-2-1-3-5-11/h1-5,12-13H,6-10,15H2,(H,16,17). The molecule has 1 amide bonds. The molecule has 0 heterocycles. The van der Waals surface area contributed by atoms with Gasteiger partial charge in [0.1, 0.15) is 0 Å². The molecule has 0 bridgehead atoms. The van der Waals surface area contributed by atoms with Crippen molar-refractivity contribution in [3.8, 4) is 0 Å². The first-order valence-electron chi connectivity index (χ1n) is 6.34. The predicted molar refractivity (Wildman–Crippen MR) is 68.6 cm³/mol. The fraction of sp³-hybridized carbons (Fsp3) is 0.500. The van der Waals surface area contributed by atoms with Gasteiger partial charge in [0.25, 0.3) is 0 Å². The molecule has 0 atom stereocenters. The number of nitrogens with two attached hydrogens (primary N) is 1. The molecule has 17 heavy (non-hydrogen) atoms. The summed E-state index contributed by atoms with van der Waals surface area (Å²) in [6, 6.07) is 11.0. The topological polar surface area (TPSA) is 55.1 Å². The second-order valence-electron chi connectivity index (χ2n) is 4.73. The molecular formula is C14H20N2O. The zero-order valence-electron chi connectivity index (χ0n) is 10.1. The Hall–Kier alpha value is -1.35. The Morgan fingerprint density at radius 3 is 2.41 bits per heavy atom. The second-order valence-corrected chi connectivity index (χ2v) is 4.73. The van der Waals surface area contributed by atoms with E-state index in [1.807, 2.05) is 0 Å². The molecule has 1 saturated carbocycles. The molecule has 1 aromatic carbocycles. The molecular weight excluding hydrogens is 212 g/mol. The Morgan fingerprint density at radius 2 is 1.82 bits per heavy atom. The van der Waals surface area contributed by atoms with Gasteiger partial charge in [0, 0.05) is 6.04 Å². The zero-order valence-corrected chi connectivity index (χ0v) is 10.1. The minimum absolute atomic E-state index is 0.0341. The van der Waals surface area contributed by atoms with Crippen LogP contribution in [-0.2, 0) is 4.79 Å². The summed E-state index contributed by atoms with van der Waals surface area (Å²) in [6.07, 6.45) is 4.43. The third-order valence-electron chi connectivity index (χ3n) is 3.55. The number of benzene rings is 1. The van der Waals surface area contributed by atoms with Crippen LogP contribution in [-0.4, -0.2) is 18.5 Å². The van der Waals surface area contributed by atoms with Gasteiger partial charge >= 0.3 is 0 Å². The first kappa shape index (κ1) is 12.1. The normalized spacial score (nSPS) is 24.3. The molecule has 0 radical (unpaired) electrons. The second kappa shape index (κ2) is 5.82. The summed E-state index contributed by atoms with van der Waals surface area (Å²) in [4.78, 5) is 11.2. The molecule has 3 nitrogen and oxygen atoms in total. The van der Waals surface area contributed by atoms with Crippen molar-refractivity contribution in [3.63, 3.8) is 0 Å². The molecule has 3 N–H and O–H groups in total.